The minimum Gasteiger partial charge on any atom is -0.300 e. The van der Waals surface area contributed by atoms with Crippen LogP contribution in [0, 0.1) is 0 Å². The van der Waals surface area contributed by atoms with Crippen LogP contribution < -0.4 is 10.9 Å². The number of hydrogen-bond donors (Lipinski definition) is 1. The average molecular weight is 462 g/mol. The second kappa shape index (κ2) is 7.90. The van der Waals surface area contributed by atoms with Crippen molar-refractivity contribution < 1.29 is 6.22 Å². The molecule has 0 bridgehead atoms. The molecule has 5 nitrogen and oxygen atoms in total. The molecule has 7 heteroatoms. The van der Waals surface area contributed by atoms with E-state index in [9.17, 15) is 9.59 Å². The largest absolute Gasteiger partial charge is 0.300 e. The van der Waals surface area contributed by atoms with Crippen molar-refractivity contribution in [2.75, 3.05) is 11.1 Å². The molecule has 2 aromatic heterocycles. The monoisotopic (exact) mass is 461 g/mol. The minimum absolute atomic E-state index is 0. The lowest BCUT2D eigenvalue weighted by Crippen LogP contribution is -2.33. The Morgan fingerprint density at radius 1 is 1.16 bits per heavy atom. The molecule has 1 amide bonds. The van der Waals surface area contributed by atoms with Crippen molar-refractivity contribution in [2.24, 2.45) is 0 Å². The summed E-state index contributed by atoms with van der Waals surface area (Å²) in [5, 5.41) is 8.68. The second-order valence-electron chi connectivity index (χ2n) is 8.34. The summed E-state index contributed by atoms with van der Waals surface area (Å²) in [4.78, 5) is 30.3. The van der Waals surface area contributed by atoms with Gasteiger partial charge in [-0.25, -0.2) is 4.98 Å². The molecule has 1 aliphatic carbocycles. The van der Waals surface area contributed by atoms with Gasteiger partial charge in [0.1, 0.15) is 6.04 Å². The van der Waals surface area contributed by atoms with E-state index in [4.69, 9.17) is 0 Å². The number of fused-ring (bicyclic) bond motifs is 2. The lowest BCUT2D eigenvalue weighted by molar-refractivity contribution is -0.118. The van der Waals surface area contributed by atoms with E-state index in [0.717, 1.165) is 29.9 Å². The third-order valence-electron chi connectivity index (χ3n) is 6.23. The van der Waals surface area contributed by atoms with Gasteiger partial charge < -0.3 is 5.32 Å². The third-order valence-corrected chi connectivity index (χ3v) is 8.09. The quantitative estimate of drug-likeness (QED) is 0.429. The fraction of sp³-hybridized carbons (Fsp3) is 0.240. The van der Waals surface area contributed by atoms with Gasteiger partial charge in [0.05, 0.1) is 5.03 Å². The summed E-state index contributed by atoms with van der Waals surface area (Å²) in [6.45, 7) is 0. The molecule has 1 atom stereocenters. The molecule has 1 aliphatic heterocycles. The van der Waals surface area contributed by atoms with Crippen LogP contribution in [0.15, 0.2) is 69.9 Å². The van der Waals surface area contributed by atoms with E-state index >= 15 is 0 Å². The van der Waals surface area contributed by atoms with E-state index in [2.05, 4.69) is 52.8 Å². The van der Waals surface area contributed by atoms with E-state index in [1.165, 1.54) is 33.2 Å². The van der Waals surface area contributed by atoms with Crippen LogP contribution in [-0.2, 0) is 11.2 Å². The van der Waals surface area contributed by atoms with Gasteiger partial charge >= 0.3 is 0 Å². The van der Waals surface area contributed by atoms with Gasteiger partial charge in [-0.1, -0.05) is 42.5 Å². The van der Waals surface area contributed by atoms with Gasteiger partial charge in [-0.3, -0.25) is 14.2 Å². The number of carbonyl (C=O) groups excluding carboxylic acids is 1. The SMILES string of the molecule is O=C(Nc1nccs1)[C@@H]1CSc2c(C3CC3)c(Cc3cccc4ccccc34)cc(=O)n21.[HH]. The van der Waals surface area contributed by atoms with Crippen LogP contribution in [0.25, 0.3) is 10.8 Å². The predicted octanol–water partition coefficient (Wildman–Crippen LogP) is 5.46. The van der Waals surface area contributed by atoms with Gasteiger partial charge in [-0.05, 0) is 52.6 Å². The normalized spacial score (nSPS) is 17.4. The zero-order valence-corrected chi connectivity index (χ0v) is 18.9. The van der Waals surface area contributed by atoms with Gasteiger partial charge in [0.25, 0.3) is 5.56 Å². The summed E-state index contributed by atoms with van der Waals surface area (Å²) in [5.74, 6) is 0.885. The maximum absolute atomic E-state index is 13.3. The van der Waals surface area contributed by atoms with Crippen LogP contribution in [-0.4, -0.2) is 21.2 Å². The highest BCUT2D eigenvalue weighted by Crippen LogP contribution is 2.48. The summed E-state index contributed by atoms with van der Waals surface area (Å²) in [5.41, 5.74) is 3.51. The van der Waals surface area contributed by atoms with Gasteiger partial charge in [0.15, 0.2) is 5.13 Å². The molecule has 0 unspecified atom stereocenters. The predicted molar refractivity (Wildman–Crippen MR) is 132 cm³/mol. The first-order valence-electron chi connectivity index (χ1n) is 10.8. The van der Waals surface area contributed by atoms with E-state index < -0.39 is 6.04 Å². The molecular formula is C25H23N3O2S2. The number of thioether (sulfide) groups is 1. The highest BCUT2D eigenvalue weighted by atomic mass is 32.2. The summed E-state index contributed by atoms with van der Waals surface area (Å²) >= 11 is 3.02. The smallest absolute Gasteiger partial charge is 0.252 e. The summed E-state index contributed by atoms with van der Waals surface area (Å²) in [6, 6.07) is 16.0. The fourth-order valence-corrected chi connectivity index (χ4v) is 6.57. The van der Waals surface area contributed by atoms with Gasteiger partial charge in [0.2, 0.25) is 5.91 Å². The first-order valence-corrected chi connectivity index (χ1v) is 12.6. The summed E-state index contributed by atoms with van der Waals surface area (Å²) in [6.07, 6.45) is 4.68. The zero-order valence-electron chi connectivity index (χ0n) is 17.3. The number of nitrogens with one attached hydrogen (secondary N) is 1. The van der Waals surface area contributed by atoms with Crippen molar-refractivity contribution in [3.63, 3.8) is 0 Å². The van der Waals surface area contributed by atoms with Crippen LogP contribution in [0.3, 0.4) is 0 Å². The van der Waals surface area contributed by atoms with E-state index in [-0.39, 0.29) is 12.9 Å². The maximum atomic E-state index is 13.3. The van der Waals surface area contributed by atoms with Crippen LogP contribution >= 0.6 is 23.1 Å². The van der Waals surface area contributed by atoms with Crippen molar-refractivity contribution in [1.29, 1.82) is 0 Å². The lowest BCUT2D eigenvalue weighted by Gasteiger charge is -2.18. The molecule has 162 valence electrons. The topological polar surface area (TPSA) is 64.0 Å². The molecular weight excluding hydrogens is 438 g/mol. The van der Waals surface area contributed by atoms with Crippen molar-refractivity contribution >= 4 is 44.9 Å². The molecule has 0 saturated heterocycles. The number of nitrogens with zero attached hydrogens (tertiary/aromatic N) is 2. The number of rotatable bonds is 5. The molecule has 32 heavy (non-hydrogen) atoms. The fourth-order valence-electron chi connectivity index (χ4n) is 4.61. The van der Waals surface area contributed by atoms with Crippen molar-refractivity contribution in [3.05, 3.63) is 87.2 Å². The number of aromatic nitrogens is 2. The van der Waals surface area contributed by atoms with Crippen molar-refractivity contribution in [1.82, 2.24) is 9.55 Å². The Balaban J connectivity index is 0.00000228. The summed E-state index contributed by atoms with van der Waals surface area (Å²) in [7, 11) is 0. The van der Waals surface area contributed by atoms with Gasteiger partial charge in [0, 0.05) is 24.8 Å². The third kappa shape index (κ3) is 3.45. The molecule has 0 radical (unpaired) electrons. The number of thiazole rings is 1. The Morgan fingerprint density at radius 3 is 2.81 bits per heavy atom. The maximum Gasteiger partial charge on any atom is 0.252 e. The molecule has 1 saturated carbocycles. The Labute approximate surface area is 195 Å². The Hall–Kier alpha value is -2.90. The van der Waals surface area contributed by atoms with Crippen molar-refractivity contribution in [2.45, 2.75) is 36.2 Å². The zero-order chi connectivity index (χ0) is 21.7. The molecule has 1 fully saturated rings. The molecule has 6 rings (SSSR count). The number of amides is 1. The second-order valence-corrected chi connectivity index (χ2v) is 10.2. The van der Waals surface area contributed by atoms with Crippen LogP contribution in [0.1, 0.15) is 42.9 Å². The van der Waals surface area contributed by atoms with Gasteiger partial charge in [-0.15, -0.1) is 23.1 Å². The van der Waals surface area contributed by atoms with Crippen LogP contribution in [0.2, 0.25) is 0 Å². The molecule has 4 aromatic rings. The van der Waals surface area contributed by atoms with E-state index in [1.807, 2.05) is 5.38 Å². The molecule has 3 heterocycles. The number of carbonyl (C=O) groups is 1. The number of hydrogen-bond acceptors (Lipinski definition) is 5. The highest BCUT2D eigenvalue weighted by Gasteiger charge is 2.37. The molecule has 1 N–H and O–H groups in total. The number of benzene rings is 2. The molecule has 2 aromatic carbocycles. The van der Waals surface area contributed by atoms with E-state index in [1.54, 1.807) is 28.6 Å². The van der Waals surface area contributed by atoms with E-state index in [0.29, 0.717) is 16.8 Å². The highest BCUT2D eigenvalue weighted by molar-refractivity contribution is 7.99. The number of anilines is 1. The Kier molecular flexibility index (Phi) is 4.88. The van der Waals surface area contributed by atoms with Crippen LogP contribution in [0.5, 0.6) is 0 Å². The van der Waals surface area contributed by atoms with Crippen molar-refractivity contribution in [3.8, 4) is 0 Å². The number of pyridine rings is 1. The van der Waals surface area contributed by atoms with Gasteiger partial charge in [-0.2, -0.15) is 0 Å². The van der Waals surface area contributed by atoms with Crippen LogP contribution in [0.4, 0.5) is 5.13 Å². The average Bonchev–Trinajstić information content (AvgIpc) is 3.30. The standard InChI is InChI=1S/C25H21N3O2S2.H2/c29-21-13-18(12-17-6-3-5-15-4-1-2-7-19(15)17)22(16-8-9-16)24-28(21)20(14-32-24)23(30)27-25-26-10-11-31-25;/h1-7,10-11,13,16,20H,8-9,12,14H2,(H,26,27,30);1H/t20-;/m0./s1. The minimum atomic E-state index is -0.504. The Bertz CT molecular complexity index is 1390. The summed E-state index contributed by atoms with van der Waals surface area (Å²) < 4.78 is 1.72. The lowest BCUT2D eigenvalue weighted by atomic mass is 9.95. The first-order chi connectivity index (χ1) is 15.7. The first kappa shape index (κ1) is 19.8. The molecule has 0 spiro atoms. The molecule has 2 aliphatic rings. The Morgan fingerprint density at radius 2 is 2.00 bits per heavy atom.